The number of anilines is 2. The zero-order valence-electron chi connectivity index (χ0n) is 8.50. The van der Waals surface area contributed by atoms with Crippen LogP contribution in [-0.2, 0) is 4.79 Å². The normalized spacial score (nSPS) is 10.5. The number of hydrogen-bond donors (Lipinski definition) is 3. The molecule has 1 rings (SSSR count). The lowest BCUT2D eigenvalue weighted by Crippen LogP contribution is -2.13. The van der Waals surface area contributed by atoms with Crippen molar-refractivity contribution >= 4 is 17.4 Å². The maximum Gasteiger partial charge on any atom is 0.225 e. The zero-order valence-corrected chi connectivity index (χ0v) is 8.50. The Hall–Kier alpha value is -1.52. The molecule has 0 bridgehead atoms. The van der Waals surface area contributed by atoms with Crippen LogP contribution in [0.15, 0.2) is 6.20 Å². The van der Waals surface area contributed by atoms with E-state index >= 15 is 0 Å². The molecule has 5 nitrogen and oxygen atoms in total. The minimum Gasteiger partial charge on any atom is -0.394 e. The van der Waals surface area contributed by atoms with Crippen LogP contribution in [0.2, 0.25) is 0 Å². The Morgan fingerprint density at radius 3 is 2.93 bits per heavy atom. The van der Waals surface area contributed by atoms with Crippen molar-refractivity contribution in [2.75, 3.05) is 11.1 Å². The second-order valence-corrected chi connectivity index (χ2v) is 3.68. The van der Waals surface area contributed by atoms with Crippen LogP contribution >= 0.6 is 0 Å². The van der Waals surface area contributed by atoms with E-state index in [2.05, 4.69) is 29.4 Å². The number of hydrogen-bond acceptors (Lipinski definition) is 3. The number of nitrogens with two attached hydrogens (primary N) is 1. The molecule has 0 spiro atoms. The number of nitrogen functional groups attached to an aromatic ring is 1. The van der Waals surface area contributed by atoms with E-state index in [9.17, 15) is 4.79 Å². The molecule has 0 radical (unpaired) electrons. The van der Waals surface area contributed by atoms with Crippen molar-refractivity contribution in [1.82, 2.24) is 10.2 Å². The Kier molecular flexibility index (Phi) is 3.50. The molecule has 0 aliphatic rings. The van der Waals surface area contributed by atoms with Gasteiger partial charge in [-0.15, -0.1) is 0 Å². The number of nitrogens with zero attached hydrogens (tertiary/aromatic N) is 1. The zero-order chi connectivity index (χ0) is 10.6. The Labute approximate surface area is 83.1 Å². The lowest BCUT2D eigenvalue weighted by Gasteiger charge is -2.05. The van der Waals surface area contributed by atoms with E-state index < -0.39 is 0 Å². The topological polar surface area (TPSA) is 83.8 Å². The van der Waals surface area contributed by atoms with Crippen molar-refractivity contribution in [3.8, 4) is 0 Å². The molecule has 0 saturated carbocycles. The molecule has 0 unspecified atom stereocenters. The molecule has 4 N–H and O–H groups in total. The quantitative estimate of drug-likeness (QED) is 0.680. The summed E-state index contributed by atoms with van der Waals surface area (Å²) in [7, 11) is 0. The molecule has 0 fully saturated rings. The van der Waals surface area contributed by atoms with Crippen molar-refractivity contribution in [2.45, 2.75) is 26.7 Å². The summed E-state index contributed by atoms with van der Waals surface area (Å²) in [5, 5.41) is 8.99. The van der Waals surface area contributed by atoms with Crippen molar-refractivity contribution in [3.63, 3.8) is 0 Å². The molecule has 78 valence electrons. The molecule has 0 aromatic carbocycles. The number of rotatable bonds is 4. The van der Waals surface area contributed by atoms with Crippen LogP contribution in [0, 0.1) is 5.92 Å². The fraction of sp³-hybridized carbons (Fsp3) is 0.556. The van der Waals surface area contributed by atoms with E-state index in [4.69, 9.17) is 5.73 Å². The van der Waals surface area contributed by atoms with Crippen molar-refractivity contribution < 1.29 is 4.79 Å². The Balaban J connectivity index is 2.38. The summed E-state index contributed by atoms with van der Waals surface area (Å²) in [6, 6.07) is 0. The van der Waals surface area contributed by atoms with Crippen LogP contribution in [0.4, 0.5) is 11.5 Å². The van der Waals surface area contributed by atoms with Gasteiger partial charge in [0.25, 0.3) is 0 Å². The molecule has 1 heterocycles. The largest absolute Gasteiger partial charge is 0.394 e. The highest BCUT2D eigenvalue weighted by molar-refractivity contribution is 5.92. The Morgan fingerprint density at radius 1 is 1.71 bits per heavy atom. The van der Waals surface area contributed by atoms with Gasteiger partial charge in [0.05, 0.1) is 11.9 Å². The van der Waals surface area contributed by atoms with E-state index in [0.717, 1.165) is 6.42 Å². The van der Waals surface area contributed by atoms with Crippen LogP contribution in [0.5, 0.6) is 0 Å². The smallest absolute Gasteiger partial charge is 0.225 e. The Morgan fingerprint density at radius 2 is 2.43 bits per heavy atom. The van der Waals surface area contributed by atoms with Crippen molar-refractivity contribution in [1.29, 1.82) is 0 Å². The van der Waals surface area contributed by atoms with Crippen LogP contribution in [-0.4, -0.2) is 16.1 Å². The first-order valence-electron chi connectivity index (χ1n) is 4.68. The number of carbonyl (C=O) groups is 1. The number of carbonyl (C=O) groups excluding carboxylic acids is 1. The molecule has 0 saturated heterocycles. The summed E-state index contributed by atoms with van der Waals surface area (Å²) in [5.41, 5.74) is 6.00. The van der Waals surface area contributed by atoms with Gasteiger partial charge in [0.2, 0.25) is 5.91 Å². The van der Waals surface area contributed by atoms with Crippen LogP contribution in [0.25, 0.3) is 0 Å². The fourth-order valence-electron chi connectivity index (χ4n) is 1.02. The number of H-pyrrole nitrogens is 1. The van der Waals surface area contributed by atoms with Crippen LogP contribution < -0.4 is 11.1 Å². The minimum absolute atomic E-state index is 0.0327. The number of aromatic nitrogens is 2. The molecular formula is C9H16N4O. The number of aromatic amines is 1. The monoisotopic (exact) mass is 196 g/mol. The van der Waals surface area contributed by atoms with Gasteiger partial charge in [0, 0.05) is 6.42 Å². The van der Waals surface area contributed by atoms with Gasteiger partial charge in [-0.1, -0.05) is 13.8 Å². The van der Waals surface area contributed by atoms with E-state index in [-0.39, 0.29) is 5.91 Å². The predicted octanol–water partition coefficient (Wildman–Crippen LogP) is 1.37. The summed E-state index contributed by atoms with van der Waals surface area (Å²) in [5.74, 6) is 0.980. The minimum atomic E-state index is -0.0327. The maximum atomic E-state index is 11.4. The highest BCUT2D eigenvalue weighted by Crippen LogP contribution is 2.13. The van der Waals surface area contributed by atoms with Gasteiger partial charge < -0.3 is 11.1 Å². The van der Waals surface area contributed by atoms with Crippen molar-refractivity contribution in [2.24, 2.45) is 5.92 Å². The van der Waals surface area contributed by atoms with Gasteiger partial charge >= 0.3 is 0 Å². The van der Waals surface area contributed by atoms with Crippen LogP contribution in [0.3, 0.4) is 0 Å². The third kappa shape index (κ3) is 3.08. The molecule has 5 heteroatoms. The molecule has 0 aliphatic carbocycles. The molecule has 0 atom stereocenters. The van der Waals surface area contributed by atoms with E-state index in [1.54, 1.807) is 0 Å². The standard InChI is InChI=1S/C9H16N4O/c1-6(2)3-4-8(14)12-9-7(10)5-11-13-9/h5-6H,3-4,10H2,1-2H3,(H2,11,12,13,14). The molecule has 1 amide bonds. The number of amides is 1. The van der Waals surface area contributed by atoms with Gasteiger partial charge in [0.1, 0.15) is 0 Å². The van der Waals surface area contributed by atoms with Crippen molar-refractivity contribution in [3.05, 3.63) is 6.20 Å². The first-order chi connectivity index (χ1) is 6.59. The third-order valence-corrected chi connectivity index (χ3v) is 1.88. The van der Waals surface area contributed by atoms with Gasteiger partial charge in [-0.3, -0.25) is 9.89 Å². The fourth-order valence-corrected chi connectivity index (χ4v) is 1.02. The maximum absolute atomic E-state index is 11.4. The van der Waals surface area contributed by atoms with E-state index in [0.29, 0.717) is 23.8 Å². The Bertz CT molecular complexity index is 306. The third-order valence-electron chi connectivity index (χ3n) is 1.88. The molecular weight excluding hydrogens is 180 g/mol. The lowest BCUT2D eigenvalue weighted by atomic mass is 10.1. The van der Waals surface area contributed by atoms with E-state index in [1.807, 2.05) is 0 Å². The highest BCUT2D eigenvalue weighted by atomic mass is 16.1. The average molecular weight is 196 g/mol. The van der Waals surface area contributed by atoms with Gasteiger partial charge in [0.15, 0.2) is 5.82 Å². The van der Waals surface area contributed by atoms with Crippen LogP contribution in [0.1, 0.15) is 26.7 Å². The second-order valence-electron chi connectivity index (χ2n) is 3.68. The second kappa shape index (κ2) is 4.64. The lowest BCUT2D eigenvalue weighted by molar-refractivity contribution is -0.116. The molecule has 14 heavy (non-hydrogen) atoms. The first kappa shape index (κ1) is 10.6. The van der Waals surface area contributed by atoms with Gasteiger partial charge in [-0.25, -0.2) is 0 Å². The summed E-state index contributed by atoms with van der Waals surface area (Å²) in [4.78, 5) is 11.4. The van der Waals surface area contributed by atoms with Gasteiger partial charge in [-0.2, -0.15) is 5.10 Å². The molecule has 1 aromatic heterocycles. The highest BCUT2D eigenvalue weighted by Gasteiger charge is 2.07. The van der Waals surface area contributed by atoms with E-state index in [1.165, 1.54) is 6.20 Å². The summed E-state index contributed by atoms with van der Waals surface area (Å²) >= 11 is 0. The van der Waals surface area contributed by atoms with Gasteiger partial charge in [-0.05, 0) is 12.3 Å². The number of nitrogens with one attached hydrogen (secondary N) is 2. The summed E-state index contributed by atoms with van der Waals surface area (Å²) in [6.45, 7) is 4.16. The predicted molar refractivity (Wildman–Crippen MR) is 55.7 cm³/mol. The molecule has 1 aromatic rings. The molecule has 0 aliphatic heterocycles. The first-order valence-corrected chi connectivity index (χ1v) is 4.68. The summed E-state index contributed by atoms with van der Waals surface area (Å²) in [6.07, 6.45) is 2.86. The summed E-state index contributed by atoms with van der Waals surface area (Å²) < 4.78 is 0. The average Bonchev–Trinajstić information content (AvgIpc) is 2.49. The SMILES string of the molecule is CC(C)CCC(=O)Nc1[nH]ncc1N.